The van der Waals surface area contributed by atoms with Gasteiger partial charge in [-0.1, -0.05) is 24.3 Å². The van der Waals surface area contributed by atoms with Gasteiger partial charge < -0.3 is 0 Å². The first-order valence-corrected chi connectivity index (χ1v) is 8.15. The zero-order chi connectivity index (χ0) is 15.7. The number of hydrogen-bond donors (Lipinski definition) is 1. The lowest BCUT2D eigenvalue weighted by Crippen LogP contribution is -2.08. The zero-order valence-electron chi connectivity index (χ0n) is 11.3. The molecule has 0 fully saturated rings. The third-order valence-corrected chi connectivity index (χ3v) is 5.23. The highest BCUT2D eigenvalue weighted by Crippen LogP contribution is 2.40. The summed E-state index contributed by atoms with van der Waals surface area (Å²) in [5, 5.41) is 0.0143. The van der Waals surface area contributed by atoms with Crippen molar-refractivity contribution in [3.63, 3.8) is 0 Å². The summed E-state index contributed by atoms with van der Waals surface area (Å²) in [7, 11) is -1.15. The largest absolute Gasteiger partial charge is 0.416 e. The summed E-state index contributed by atoms with van der Waals surface area (Å²) in [5.41, 5.74) is 2.90. The Balaban J connectivity index is 1.79. The van der Waals surface area contributed by atoms with E-state index in [0.717, 1.165) is 12.1 Å². The molecule has 3 rings (SSSR count). The lowest BCUT2D eigenvalue weighted by atomic mass is 10.1. The molecule has 1 heterocycles. The molecule has 0 aromatic heterocycles. The molecule has 1 atom stereocenters. The van der Waals surface area contributed by atoms with E-state index in [-0.39, 0.29) is 5.12 Å². The molecule has 1 unspecified atom stereocenters. The monoisotopic (exact) mass is 323 g/mol. The predicted octanol–water partition coefficient (Wildman–Crippen LogP) is 4.72. The summed E-state index contributed by atoms with van der Waals surface area (Å²) in [6.45, 7) is 0. The van der Waals surface area contributed by atoms with E-state index in [2.05, 4.69) is 4.99 Å². The van der Waals surface area contributed by atoms with Gasteiger partial charge in [-0.2, -0.15) is 13.2 Å². The first-order valence-electron chi connectivity index (χ1n) is 6.55. The van der Waals surface area contributed by atoms with Gasteiger partial charge in [0, 0.05) is 11.3 Å². The number of para-hydroxylation sites is 1. The van der Waals surface area contributed by atoms with E-state index in [4.69, 9.17) is 0 Å². The van der Waals surface area contributed by atoms with Gasteiger partial charge in [-0.15, -0.1) is 10.9 Å². The Hall–Kier alpha value is -2.08. The molecule has 0 spiro atoms. The minimum absolute atomic E-state index is 0.0143. The van der Waals surface area contributed by atoms with Crippen LogP contribution >= 0.6 is 10.9 Å². The highest BCUT2D eigenvalue weighted by Gasteiger charge is 2.30. The first kappa shape index (κ1) is 14.8. The Kier molecular flexibility index (Phi) is 3.78. The molecule has 0 amide bonds. The minimum Gasteiger partial charge on any atom is -0.283 e. The molecule has 0 saturated heterocycles. The van der Waals surface area contributed by atoms with Crippen molar-refractivity contribution in [3.05, 3.63) is 65.2 Å². The second-order valence-electron chi connectivity index (χ2n) is 4.89. The molecule has 0 aliphatic carbocycles. The number of carbonyl (C=O) groups excluding carboxylic acids is 1. The van der Waals surface area contributed by atoms with Crippen LogP contribution in [0, 0.1) is 0 Å². The van der Waals surface area contributed by atoms with Gasteiger partial charge in [0.2, 0.25) is 5.12 Å². The topological polar surface area (TPSA) is 29.4 Å². The lowest BCUT2D eigenvalue weighted by Gasteiger charge is -2.20. The van der Waals surface area contributed by atoms with Crippen LogP contribution in [0.4, 0.5) is 18.9 Å². The van der Waals surface area contributed by atoms with Gasteiger partial charge in [0.05, 0.1) is 16.8 Å². The van der Waals surface area contributed by atoms with Crippen molar-refractivity contribution < 1.29 is 18.0 Å². The van der Waals surface area contributed by atoms with Crippen molar-refractivity contribution in [1.82, 2.24) is 0 Å². The zero-order valence-corrected chi connectivity index (χ0v) is 12.2. The smallest absolute Gasteiger partial charge is 0.283 e. The number of thiol groups is 1. The standard InChI is InChI=1S/C16H12F3NOS/c17-16(18,19)12-7-5-11(6-8-12)9-22-10-20-14-4-2-1-3-13(14)15(22)21/h1-8,10,22H,9H2. The Labute approximate surface area is 128 Å². The van der Waals surface area contributed by atoms with Crippen molar-refractivity contribution in [2.45, 2.75) is 11.9 Å². The van der Waals surface area contributed by atoms with Crippen LogP contribution in [0.5, 0.6) is 0 Å². The van der Waals surface area contributed by atoms with E-state index >= 15 is 0 Å². The average molecular weight is 323 g/mol. The molecular formula is C16H12F3NOS. The normalized spacial score (nSPS) is 19.0. The molecule has 1 aliphatic heterocycles. The molecule has 6 heteroatoms. The van der Waals surface area contributed by atoms with Gasteiger partial charge in [0.1, 0.15) is 0 Å². The van der Waals surface area contributed by atoms with Gasteiger partial charge in [0.25, 0.3) is 0 Å². The van der Waals surface area contributed by atoms with Gasteiger partial charge in [0.15, 0.2) is 0 Å². The first-order chi connectivity index (χ1) is 10.4. The quantitative estimate of drug-likeness (QED) is 0.796. The lowest BCUT2D eigenvalue weighted by molar-refractivity contribution is -0.137. The maximum atomic E-state index is 12.5. The van der Waals surface area contributed by atoms with Crippen molar-refractivity contribution >= 4 is 27.2 Å². The maximum Gasteiger partial charge on any atom is 0.416 e. The Morgan fingerprint density at radius 2 is 1.68 bits per heavy atom. The summed E-state index contributed by atoms with van der Waals surface area (Å²) >= 11 is 0. The van der Waals surface area contributed by atoms with Crippen LogP contribution in [0.15, 0.2) is 53.5 Å². The Morgan fingerprint density at radius 1 is 1.00 bits per heavy atom. The van der Waals surface area contributed by atoms with Gasteiger partial charge >= 0.3 is 6.18 Å². The Morgan fingerprint density at radius 3 is 2.36 bits per heavy atom. The van der Waals surface area contributed by atoms with Crippen LogP contribution in [0.2, 0.25) is 0 Å². The highest BCUT2D eigenvalue weighted by atomic mass is 32.2. The molecule has 114 valence electrons. The fourth-order valence-corrected chi connectivity index (χ4v) is 3.91. The van der Waals surface area contributed by atoms with E-state index in [1.165, 1.54) is 12.1 Å². The van der Waals surface area contributed by atoms with Crippen molar-refractivity contribution in [2.24, 2.45) is 4.99 Å². The molecule has 2 aromatic carbocycles. The van der Waals surface area contributed by atoms with Crippen LogP contribution in [-0.4, -0.2) is 10.7 Å². The number of fused-ring (bicyclic) bond motifs is 1. The third-order valence-electron chi connectivity index (χ3n) is 3.37. The average Bonchev–Trinajstić information content (AvgIpc) is 2.50. The number of rotatable bonds is 2. The number of nitrogens with zero attached hydrogens (tertiary/aromatic N) is 1. The Bertz CT molecular complexity index is 738. The molecule has 2 aromatic rings. The van der Waals surface area contributed by atoms with Crippen molar-refractivity contribution in [3.8, 4) is 0 Å². The molecule has 0 bridgehead atoms. The molecule has 0 radical (unpaired) electrons. The van der Waals surface area contributed by atoms with Gasteiger partial charge in [-0.3, -0.25) is 9.79 Å². The number of alkyl halides is 3. The van der Waals surface area contributed by atoms with E-state index in [1.54, 1.807) is 23.7 Å². The summed E-state index contributed by atoms with van der Waals surface area (Å²) in [4.78, 5) is 16.7. The number of halogens is 3. The SMILES string of the molecule is O=C1c2ccccc2N=C[SH]1Cc1ccc(C(F)(F)F)cc1. The van der Waals surface area contributed by atoms with E-state index in [0.29, 0.717) is 22.6 Å². The van der Waals surface area contributed by atoms with E-state index in [1.807, 2.05) is 6.07 Å². The fourth-order valence-electron chi connectivity index (χ4n) is 2.21. The second kappa shape index (κ2) is 5.61. The van der Waals surface area contributed by atoms with Crippen molar-refractivity contribution in [1.29, 1.82) is 0 Å². The van der Waals surface area contributed by atoms with Crippen LogP contribution in [0.25, 0.3) is 0 Å². The summed E-state index contributed by atoms with van der Waals surface area (Å²) in [6.07, 6.45) is -4.34. The highest BCUT2D eigenvalue weighted by molar-refractivity contribution is 8.39. The molecule has 1 aliphatic rings. The molecule has 22 heavy (non-hydrogen) atoms. The molecule has 0 N–H and O–H groups in total. The van der Waals surface area contributed by atoms with Crippen LogP contribution < -0.4 is 0 Å². The van der Waals surface area contributed by atoms with E-state index in [9.17, 15) is 18.0 Å². The summed E-state index contributed by atoms with van der Waals surface area (Å²) in [5.74, 6) is 0.407. The number of carbonyl (C=O) groups is 1. The van der Waals surface area contributed by atoms with Crippen LogP contribution in [0.3, 0.4) is 0 Å². The van der Waals surface area contributed by atoms with Crippen LogP contribution in [0.1, 0.15) is 21.5 Å². The van der Waals surface area contributed by atoms with Crippen molar-refractivity contribution in [2.75, 3.05) is 0 Å². The second-order valence-corrected chi connectivity index (χ2v) is 6.78. The molecule has 0 saturated carbocycles. The summed E-state index contributed by atoms with van der Waals surface area (Å²) in [6, 6.07) is 12.0. The van der Waals surface area contributed by atoms with Crippen LogP contribution in [-0.2, 0) is 11.9 Å². The molecule has 2 nitrogen and oxygen atoms in total. The van der Waals surface area contributed by atoms with Gasteiger partial charge in [-0.25, -0.2) is 0 Å². The predicted molar refractivity (Wildman–Crippen MR) is 83.1 cm³/mol. The number of benzene rings is 2. The van der Waals surface area contributed by atoms with E-state index < -0.39 is 22.6 Å². The van der Waals surface area contributed by atoms with Gasteiger partial charge in [-0.05, 0) is 29.8 Å². The minimum atomic E-state index is -4.34. The number of hydrogen-bond acceptors (Lipinski definition) is 2. The number of aliphatic imine (C=N–C) groups is 1. The molecular weight excluding hydrogens is 311 g/mol. The third kappa shape index (κ3) is 2.92. The fraction of sp³-hybridized carbons (Fsp3) is 0.125. The summed E-state index contributed by atoms with van der Waals surface area (Å²) < 4.78 is 37.6. The maximum absolute atomic E-state index is 12.5.